The van der Waals surface area contributed by atoms with Gasteiger partial charge in [0.1, 0.15) is 11.9 Å². The molecule has 0 aromatic carbocycles. The number of aromatic nitrogens is 1. The smallest absolute Gasteiger partial charge is 0.144 e. The Balaban J connectivity index is 2.12. The van der Waals surface area contributed by atoms with Crippen molar-refractivity contribution in [2.75, 3.05) is 11.9 Å². The molecular formula is C13H18N4. The first-order valence-electron chi connectivity index (χ1n) is 6.06. The lowest BCUT2D eigenvalue weighted by Gasteiger charge is -2.29. The molecule has 2 N–H and O–H groups in total. The summed E-state index contributed by atoms with van der Waals surface area (Å²) >= 11 is 0. The van der Waals surface area contributed by atoms with E-state index in [1.54, 1.807) is 0 Å². The van der Waals surface area contributed by atoms with Gasteiger partial charge in [-0.3, -0.25) is 0 Å². The Morgan fingerprint density at radius 3 is 3.06 bits per heavy atom. The van der Waals surface area contributed by atoms with Crippen molar-refractivity contribution in [3.05, 3.63) is 23.4 Å². The molecule has 1 saturated heterocycles. The first-order chi connectivity index (χ1) is 8.19. The topological polar surface area (TPSA) is 60.7 Å². The van der Waals surface area contributed by atoms with Crippen molar-refractivity contribution in [3.8, 4) is 6.07 Å². The summed E-state index contributed by atoms with van der Waals surface area (Å²) < 4.78 is 0. The summed E-state index contributed by atoms with van der Waals surface area (Å²) in [6.45, 7) is 5.15. The van der Waals surface area contributed by atoms with Crippen LogP contribution in [0.1, 0.15) is 31.0 Å². The summed E-state index contributed by atoms with van der Waals surface area (Å²) in [6.07, 6.45) is 2.14. The molecule has 0 spiro atoms. The minimum atomic E-state index is 0.410. The van der Waals surface area contributed by atoms with E-state index in [1.807, 2.05) is 19.1 Å². The van der Waals surface area contributed by atoms with Gasteiger partial charge in [-0.05, 0) is 45.4 Å². The van der Waals surface area contributed by atoms with Crippen LogP contribution < -0.4 is 10.6 Å². The second kappa shape index (κ2) is 5.15. The third-order valence-electron chi connectivity index (χ3n) is 3.12. The fraction of sp³-hybridized carbons (Fsp3) is 0.538. The van der Waals surface area contributed by atoms with Crippen LogP contribution in [0, 0.1) is 18.3 Å². The third-order valence-corrected chi connectivity index (χ3v) is 3.12. The van der Waals surface area contributed by atoms with Crippen molar-refractivity contribution in [2.45, 2.75) is 38.8 Å². The molecule has 17 heavy (non-hydrogen) atoms. The number of aryl methyl sites for hydroxylation is 1. The van der Waals surface area contributed by atoms with Crippen LogP contribution in [0.25, 0.3) is 0 Å². The van der Waals surface area contributed by atoms with E-state index in [9.17, 15) is 0 Å². The van der Waals surface area contributed by atoms with E-state index in [1.165, 1.54) is 0 Å². The monoisotopic (exact) mass is 230 g/mol. The van der Waals surface area contributed by atoms with Gasteiger partial charge in [0.05, 0.1) is 5.56 Å². The molecule has 2 atom stereocenters. The maximum absolute atomic E-state index is 9.05. The molecule has 2 unspecified atom stereocenters. The Morgan fingerprint density at radius 1 is 1.53 bits per heavy atom. The lowest BCUT2D eigenvalue weighted by Crippen LogP contribution is -2.41. The molecule has 1 aromatic rings. The molecule has 1 fully saturated rings. The summed E-state index contributed by atoms with van der Waals surface area (Å²) in [4.78, 5) is 4.41. The summed E-state index contributed by atoms with van der Waals surface area (Å²) in [5.41, 5.74) is 1.57. The Morgan fingerprint density at radius 2 is 2.35 bits per heavy atom. The molecule has 4 heteroatoms. The average molecular weight is 230 g/mol. The van der Waals surface area contributed by atoms with Gasteiger partial charge in [-0.15, -0.1) is 0 Å². The minimum absolute atomic E-state index is 0.410. The number of nitriles is 1. The van der Waals surface area contributed by atoms with E-state index in [0.717, 1.165) is 30.9 Å². The second-order valence-corrected chi connectivity index (χ2v) is 4.68. The van der Waals surface area contributed by atoms with Crippen LogP contribution in [0.3, 0.4) is 0 Å². The van der Waals surface area contributed by atoms with E-state index < -0.39 is 0 Å². The summed E-state index contributed by atoms with van der Waals surface area (Å²) in [7, 11) is 0. The molecule has 2 heterocycles. The van der Waals surface area contributed by atoms with E-state index in [-0.39, 0.29) is 0 Å². The summed E-state index contributed by atoms with van der Waals surface area (Å²) in [5.74, 6) is 0.728. The lowest BCUT2D eigenvalue weighted by molar-refractivity contribution is 0.395. The molecule has 0 saturated carbocycles. The highest BCUT2D eigenvalue weighted by atomic mass is 15.0. The maximum Gasteiger partial charge on any atom is 0.144 e. The summed E-state index contributed by atoms with van der Waals surface area (Å²) in [5, 5.41) is 15.9. The molecule has 0 aliphatic carbocycles. The van der Waals surface area contributed by atoms with E-state index in [0.29, 0.717) is 17.6 Å². The van der Waals surface area contributed by atoms with Crippen LogP contribution in [0.2, 0.25) is 0 Å². The van der Waals surface area contributed by atoms with Crippen LogP contribution in [0.15, 0.2) is 12.1 Å². The van der Waals surface area contributed by atoms with E-state index in [2.05, 4.69) is 28.6 Å². The van der Waals surface area contributed by atoms with Crippen molar-refractivity contribution in [1.29, 1.82) is 5.26 Å². The zero-order chi connectivity index (χ0) is 12.3. The molecule has 1 aliphatic rings. The molecule has 1 aromatic heterocycles. The van der Waals surface area contributed by atoms with E-state index >= 15 is 0 Å². The number of rotatable bonds is 2. The first-order valence-corrected chi connectivity index (χ1v) is 6.06. The van der Waals surface area contributed by atoms with Crippen LogP contribution in [0.4, 0.5) is 5.82 Å². The lowest BCUT2D eigenvalue weighted by atomic mass is 10.0. The molecular weight excluding hydrogens is 212 g/mol. The standard InChI is InChI=1S/C13H18N4/c1-9-3-4-11(8-14)13(16-9)17-12-5-6-15-10(2)7-12/h3-4,10,12,15H,5-7H2,1-2H3,(H,16,17). The van der Waals surface area contributed by atoms with E-state index in [4.69, 9.17) is 5.26 Å². The first kappa shape index (κ1) is 11.9. The Bertz CT molecular complexity index is 436. The molecule has 90 valence electrons. The quantitative estimate of drug-likeness (QED) is 0.813. The predicted molar refractivity (Wildman–Crippen MR) is 67.8 cm³/mol. The number of pyridine rings is 1. The number of piperidine rings is 1. The Hall–Kier alpha value is -1.60. The van der Waals surface area contributed by atoms with Crippen LogP contribution in [-0.4, -0.2) is 23.6 Å². The number of hydrogen-bond donors (Lipinski definition) is 2. The van der Waals surface area contributed by atoms with Crippen LogP contribution in [-0.2, 0) is 0 Å². The molecule has 0 radical (unpaired) electrons. The zero-order valence-electron chi connectivity index (χ0n) is 10.3. The predicted octanol–water partition coefficient (Wildman–Crippen LogP) is 1.81. The maximum atomic E-state index is 9.05. The van der Waals surface area contributed by atoms with Gasteiger partial charge < -0.3 is 10.6 Å². The van der Waals surface area contributed by atoms with Gasteiger partial charge in [0.15, 0.2) is 0 Å². The second-order valence-electron chi connectivity index (χ2n) is 4.68. The van der Waals surface area contributed by atoms with Crippen LogP contribution >= 0.6 is 0 Å². The van der Waals surface area contributed by atoms with Gasteiger partial charge in [0, 0.05) is 17.8 Å². The third kappa shape index (κ3) is 2.95. The number of nitrogens with zero attached hydrogens (tertiary/aromatic N) is 2. The molecule has 2 rings (SSSR count). The molecule has 0 bridgehead atoms. The van der Waals surface area contributed by atoms with Gasteiger partial charge in [-0.1, -0.05) is 0 Å². The van der Waals surface area contributed by atoms with Gasteiger partial charge in [-0.2, -0.15) is 5.26 Å². The molecule has 1 aliphatic heterocycles. The average Bonchev–Trinajstić information content (AvgIpc) is 2.29. The van der Waals surface area contributed by atoms with Crippen LogP contribution in [0.5, 0.6) is 0 Å². The Labute approximate surface area is 102 Å². The van der Waals surface area contributed by atoms with Gasteiger partial charge in [0.25, 0.3) is 0 Å². The number of hydrogen-bond acceptors (Lipinski definition) is 4. The molecule has 0 amide bonds. The van der Waals surface area contributed by atoms with Crippen molar-refractivity contribution < 1.29 is 0 Å². The van der Waals surface area contributed by atoms with Gasteiger partial charge in [-0.25, -0.2) is 4.98 Å². The highest BCUT2D eigenvalue weighted by Crippen LogP contribution is 2.18. The summed E-state index contributed by atoms with van der Waals surface area (Å²) in [6, 6.07) is 6.82. The number of anilines is 1. The number of nitrogens with one attached hydrogen (secondary N) is 2. The zero-order valence-corrected chi connectivity index (χ0v) is 10.3. The highest BCUT2D eigenvalue weighted by molar-refractivity contribution is 5.52. The fourth-order valence-electron chi connectivity index (χ4n) is 2.21. The largest absolute Gasteiger partial charge is 0.366 e. The molecule has 4 nitrogen and oxygen atoms in total. The normalized spacial score (nSPS) is 24.1. The van der Waals surface area contributed by atoms with Crippen molar-refractivity contribution >= 4 is 5.82 Å². The van der Waals surface area contributed by atoms with Gasteiger partial charge in [0.2, 0.25) is 0 Å². The fourth-order valence-corrected chi connectivity index (χ4v) is 2.21. The van der Waals surface area contributed by atoms with Gasteiger partial charge >= 0.3 is 0 Å². The Kier molecular flexibility index (Phi) is 3.60. The SMILES string of the molecule is Cc1ccc(C#N)c(NC2CCNC(C)C2)n1. The van der Waals surface area contributed by atoms with Crippen molar-refractivity contribution in [2.24, 2.45) is 0 Å². The van der Waals surface area contributed by atoms with Crippen molar-refractivity contribution in [3.63, 3.8) is 0 Å². The van der Waals surface area contributed by atoms with Crippen molar-refractivity contribution in [1.82, 2.24) is 10.3 Å². The highest BCUT2D eigenvalue weighted by Gasteiger charge is 2.19. The minimum Gasteiger partial charge on any atom is -0.366 e.